The van der Waals surface area contributed by atoms with Crippen LogP contribution >= 0.6 is 23.2 Å². The van der Waals surface area contributed by atoms with Crippen LogP contribution < -0.4 is 5.32 Å². The molecule has 3 rings (SSSR count). The standard InChI is InChI=1S/C18H15Cl2N3O/c1-11-17(12(2)23(22-11)14-6-4-3-5-7-14)21-18(24)15-9-8-13(19)10-16(15)20/h3-10H,1-2H3,(H,21,24). The van der Waals surface area contributed by atoms with Crippen LogP contribution in [0.15, 0.2) is 48.5 Å². The van der Waals surface area contributed by atoms with Crippen LogP contribution in [-0.4, -0.2) is 15.7 Å². The van der Waals surface area contributed by atoms with Crippen LogP contribution in [0.25, 0.3) is 5.69 Å². The minimum atomic E-state index is -0.296. The van der Waals surface area contributed by atoms with E-state index >= 15 is 0 Å². The maximum absolute atomic E-state index is 12.5. The molecule has 122 valence electrons. The fraction of sp³-hybridized carbons (Fsp3) is 0.111. The van der Waals surface area contributed by atoms with Gasteiger partial charge in [0.1, 0.15) is 0 Å². The number of hydrogen-bond acceptors (Lipinski definition) is 2. The van der Waals surface area contributed by atoms with Crippen molar-refractivity contribution in [3.8, 4) is 5.69 Å². The Kier molecular flexibility index (Phi) is 4.60. The number of nitrogens with one attached hydrogen (secondary N) is 1. The van der Waals surface area contributed by atoms with Gasteiger partial charge >= 0.3 is 0 Å². The summed E-state index contributed by atoms with van der Waals surface area (Å²) in [7, 11) is 0. The molecule has 0 saturated heterocycles. The molecule has 1 amide bonds. The number of carbonyl (C=O) groups excluding carboxylic acids is 1. The smallest absolute Gasteiger partial charge is 0.257 e. The number of aromatic nitrogens is 2. The van der Waals surface area contributed by atoms with Gasteiger partial charge in [-0.15, -0.1) is 0 Å². The van der Waals surface area contributed by atoms with E-state index in [1.54, 1.807) is 22.9 Å². The van der Waals surface area contributed by atoms with E-state index in [0.29, 0.717) is 21.3 Å². The van der Waals surface area contributed by atoms with Crippen molar-refractivity contribution < 1.29 is 4.79 Å². The number of anilines is 1. The van der Waals surface area contributed by atoms with Crippen LogP contribution in [0.3, 0.4) is 0 Å². The van der Waals surface area contributed by atoms with Crippen molar-refractivity contribution >= 4 is 34.8 Å². The number of halogens is 2. The predicted molar refractivity (Wildman–Crippen MR) is 97.5 cm³/mol. The van der Waals surface area contributed by atoms with Gasteiger partial charge in [-0.05, 0) is 44.2 Å². The highest BCUT2D eigenvalue weighted by Gasteiger charge is 2.17. The molecular formula is C18H15Cl2N3O. The van der Waals surface area contributed by atoms with Crippen LogP contribution in [-0.2, 0) is 0 Å². The number of para-hydroxylation sites is 1. The molecule has 4 nitrogen and oxygen atoms in total. The van der Waals surface area contributed by atoms with E-state index in [0.717, 1.165) is 17.1 Å². The lowest BCUT2D eigenvalue weighted by atomic mass is 10.2. The van der Waals surface area contributed by atoms with Crippen LogP contribution in [0.1, 0.15) is 21.7 Å². The fourth-order valence-corrected chi connectivity index (χ4v) is 2.99. The van der Waals surface area contributed by atoms with Crippen molar-refractivity contribution in [2.45, 2.75) is 13.8 Å². The van der Waals surface area contributed by atoms with Gasteiger partial charge in [-0.3, -0.25) is 4.79 Å². The van der Waals surface area contributed by atoms with Crippen LogP contribution in [0, 0.1) is 13.8 Å². The van der Waals surface area contributed by atoms with Crippen molar-refractivity contribution in [2.75, 3.05) is 5.32 Å². The van der Waals surface area contributed by atoms with Crippen LogP contribution in [0.4, 0.5) is 5.69 Å². The predicted octanol–water partition coefficient (Wildman–Crippen LogP) is 5.05. The van der Waals surface area contributed by atoms with Gasteiger partial charge in [-0.25, -0.2) is 4.68 Å². The van der Waals surface area contributed by atoms with E-state index in [9.17, 15) is 4.79 Å². The number of aryl methyl sites for hydroxylation is 1. The molecular weight excluding hydrogens is 345 g/mol. The van der Waals surface area contributed by atoms with Gasteiger partial charge in [-0.1, -0.05) is 41.4 Å². The Balaban J connectivity index is 1.93. The van der Waals surface area contributed by atoms with Gasteiger partial charge in [0.15, 0.2) is 0 Å². The molecule has 0 atom stereocenters. The van der Waals surface area contributed by atoms with Crippen molar-refractivity contribution in [3.05, 3.63) is 75.5 Å². The molecule has 6 heteroatoms. The van der Waals surface area contributed by atoms with Gasteiger partial charge in [-0.2, -0.15) is 5.10 Å². The first kappa shape index (κ1) is 16.6. The Hall–Kier alpha value is -2.30. The summed E-state index contributed by atoms with van der Waals surface area (Å²) in [6.07, 6.45) is 0. The fourth-order valence-electron chi connectivity index (χ4n) is 2.50. The summed E-state index contributed by atoms with van der Waals surface area (Å²) in [5.41, 5.74) is 3.55. The van der Waals surface area contributed by atoms with Gasteiger partial charge in [0, 0.05) is 5.02 Å². The molecule has 0 radical (unpaired) electrons. The first-order chi connectivity index (χ1) is 11.5. The first-order valence-corrected chi connectivity index (χ1v) is 8.11. The third-order valence-electron chi connectivity index (χ3n) is 3.71. The zero-order valence-corrected chi connectivity index (χ0v) is 14.7. The molecule has 1 aromatic heterocycles. The number of amides is 1. The average Bonchev–Trinajstić information content (AvgIpc) is 2.83. The zero-order chi connectivity index (χ0) is 17.3. The van der Waals surface area contributed by atoms with Crippen molar-refractivity contribution in [2.24, 2.45) is 0 Å². The second kappa shape index (κ2) is 6.67. The van der Waals surface area contributed by atoms with Crippen molar-refractivity contribution in [1.29, 1.82) is 0 Å². The van der Waals surface area contributed by atoms with Crippen LogP contribution in [0.2, 0.25) is 10.0 Å². The maximum Gasteiger partial charge on any atom is 0.257 e. The molecule has 0 aliphatic heterocycles. The Labute approximate surface area is 150 Å². The van der Waals surface area contributed by atoms with Crippen molar-refractivity contribution in [3.63, 3.8) is 0 Å². The minimum Gasteiger partial charge on any atom is -0.319 e. The highest BCUT2D eigenvalue weighted by atomic mass is 35.5. The molecule has 2 aromatic carbocycles. The monoisotopic (exact) mass is 359 g/mol. The number of hydrogen-bond donors (Lipinski definition) is 1. The highest BCUT2D eigenvalue weighted by molar-refractivity contribution is 6.37. The summed E-state index contributed by atoms with van der Waals surface area (Å²) >= 11 is 12.0. The first-order valence-electron chi connectivity index (χ1n) is 7.35. The second-order valence-corrected chi connectivity index (χ2v) is 6.22. The molecule has 0 spiro atoms. The Morgan fingerprint density at radius 2 is 1.79 bits per heavy atom. The third kappa shape index (κ3) is 3.16. The lowest BCUT2D eigenvalue weighted by Gasteiger charge is -2.08. The molecule has 24 heavy (non-hydrogen) atoms. The molecule has 1 heterocycles. The maximum atomic E-state index is 12.5. The topological polar surface area (TPSA) is 46.9 Å². The van der Waals surface area contributed by atoms with E-state index in [1.165, 1.54) is 0 Å². The molecule has 3 aromatic rings. The van der Waals surface area contributed by atoms with Gasteiger partial charge in [0.25, 0.3) is 5.91 Å². The van der Waals surface area contributed by atoms with E-state index < -0.39 is 0 Å². The highest BCUT2D eigenvalue weighted by Crippen LogP contribution is 2.26. The molecule has 0 bridgehead atoms. The largest absolute Gasteiger partial charge is 0.319 e. The minimum absolute atomic E-state index is 0.296. The molecule has 0 unspecified atom stereocenters. The Bertz CT molecular complexity index is 904. The molecule has 1 N–H and O–H groups in total. The second-order valence-electron chi connectivity index (χ2n) is 5.37. The van der Waals surface area contributed by atoms with E-state index in [4.69, 9.17) is 23.2 Å². The molecule has 0 aliphatic rings. The normalized spacial score (nSPS) is 10.7. The van der Waals surface area contributed by atoms with Gasteiger partial charge in [0.2, 0.25) is 0 Å². The number of benzene rings is 2. The van der Waals surface area contributed by atoms with E-state index in [1.807, 2.05) is 44.2 Å². The average molecular weight is 360 g/mol. The molecule has 0 aliphatic carbocycles. The Morgan fingerprint density at radius 1 is 1.08 bits per heavy atom. The Morgan fingerprint density at radius 3 is 2.46 bits per heavy atom. The third-order valence-corrected chi connectivity index (χ3v) is 4.25. The lowest BCUT2D eigenvalue weighted by Crippen LogP contribution is -2.13. The van der Waals surface area contributed by atoms with Crippen molar-refractivity contribution in [1.82, 2.24) is 9.78 Å². The summed E-state index contributed by atoms with van der Waals surface area (Å²) in [5.74, 6) is -0.296. The van der Waals surface area contributed by atoms with Gasteiger partial charge < -0.3 is 5.32 Å². The van der Waals surface area contributed by atoms with E-state index in [-0.39, 0.29) is 5.91 Å². The molecule has 0 fully saturated rings. The zero-order valence-electron chi connectivity index (χ0n) is 13.2. The summed E-state index contributed by atoms with van der Waals surface area (Å²) in [6.45, 7) is 3.76. The SMILES string of the molecule is Cc1nn(-c2ccccc2)c(C)c1NC(=O)c1ccc(Cl)cc1Cl. The lowest BCUT2D eigenvalue weighted by molar-refractivity contribution is 0.102. The van der Waals surface area contributed by atoms with Gasteiger partial charge in [0.05, 0.1) is 33.3 Å². The molecule has 0 saturated carbocycles. The van der Waals surface area contributed by atoms with Crippen LogP contribution in [0.5, 0.6) is 0 Å². The number of rotatable bonds is 3. The summed E-state index contributed by atoms with van der Waals surface area (Å²) in [4.78, 5) is 12.5. The summed E-state index contributed by atoms with van der Waals surface area (Å²) < 4.78 is 1.80. The summed E-state index contributed by atoms with van der Waals surface area (Å²) in [6, 6.07) is 14.5. The van der Waals surface area contributed by atoms with E-state index in [2.05, 4.69) is 10.4 Å². The number of nitrogens with zero attached hydrogens (tertiary/aromatic N) is 2. The number of carbonyl (C=O) groups is 1. The summed E-state index contributed by atoms with van der Waals surface area (Å²) in [5, 5.41) is 8.20. The quantitative estimate of drug-likeness (QED) is 0.711.